The van der Waals surface area contributed by atoms with Crippen molar-refractivity contribution in [2.75, 3.05) is 6.61 Å². The molecule has 0 radical (unpaired) electrons. The number of rotatable bonds is 2. The smallest absolute Gasteiger partial charge is 0.122 e. The summed E-state index contributed by atoms with van der Waals surface area (Å²) in [6.07, 6.45) is 0.992. The Kier molecular flexibility index (Phi) is 3.26. The number of fused-ring (bicyclic) bond motifs is 1. The molecule has 0 amide bonds. The van der Waals surface area contributed by atoms with Crippen molar-refractivity contribution in [2.24, 2.45) is 11.7 Å². The maximum absolute atomic E-state index is 6.45. The lowest BCUT2D eigenvalue weighted by Gasteiger charge is -2.30. The van der Waals surface area contributed by atoms with E-state index in [1.54, 1.807) is 0 Å². The van der Waals surface area contributed by atoms with Crippen molar-refractivity contribution in [3.63, 3.8) is 0 Å². The first-order chi connectivity index (χ1) is 9.25. The molecule has 2 atom stereocenters. The highest BCUT2D eigenvalue weighted by molar-refractivity contribution is 5.36. The van der Waals surface area contributed by atoms with Crippen molar-refractivity contribution in [3.05, 3.63) is 65.2 Å². The van der Waals surface area contributed by atoms with Crippen molar-refractivity contribution in [1.82, 2.24) is 0 Å². The Morgan fingerprint density at radius 1 is 1.11 bits per heavy atom. The van der Waals surface area contributed by atoms with Crippen molar-refractivity contribution >= 4 is 0 Å². The van der Waals surface area contributed by atoms with Crippen LogP contribution < -0.4 is 10.5 Å². The highest BCUT2D eigenvalue weighted by Crippen LogP contribution is 2.33. The molecule has 2 aromatic rings. The van der Waals surface area contributed by atoms with E-state index in [2.05, 4.69) is 43.3 Å². The molecule has 98 valence electrons. The van der Waals surface area contributed by atoms with E-state index in [0.29, 0.717) is 12.5 Å². The van der Waals surface area contributed by atoms with E-state index < -0.39 is 0 Å². The van der Waals surface area contributed by atoms with Crippen LogP contribution in [0.5, 0.6) is 5.75 Å². The van der Waals surface area contributed by atoms with Crippen LogP contribution in [0, 0.1) is 12.8 Å². The van der Waals surface area contributed by atoms with Crippen LogP contribution in [0.4, 0.5) is 0 Å². The van der Waals surface area contributed by atoms with E-state index in [-0.39, 0.29) is 6.04 Å². The van der Waals surface area contributed by atoms with Crippen LogP contribution in [0.25, 0.3) is 0 Å². The zero-order chi connectivity index (χ0) is 13.2. The molecule has 0 fully saturated rings. The Labute approximate surface area is 114 Å². The van der Waals surface area contributed by atoms with Gasteiger partial charge in [0.1, 0.15) is 5.75 Å². The predicted octanol–water partition coefficient (Wildman–Crippen LogP) is 3.25. The van der Waals surface area contributed by atoms with Gasteiger partial charge in [-0.3, -0.25) is 0 Å². The molecule has 2 unspecified atom stereocenters. The molecule has 0 bridgehead atoms. The molecular formula is C17H19NO. The second kappa shape index (κ2) is 5.06. The summed E-state index contributed by atoms with van der Waals surface area (Å²) < 4.78 is 5.84. The number of nitrogens with two attached hydrogens (primary N) is 1. The topological polar surface area (TPSA) is 35.2 Å². The Morgan fingerprint density at radius 3 is 2.68 bits per heavy atom. The monoisotopic (exact) mass is 253 g/mol. The van der Waals surface area contributed by atoms with Crippen molar-refractivity contribution in [2.45, 2.75) is 19.4 Å². The lowest BCUT2D eigenvalue weighted by Crippen LogP contribution is -2.31. The largest absolute Gasteiger partial charge is 0.493 e. The molecule has 0 aromatic heterocycles. The molecule has 2 N–H and O–H groups in total. The van der Waals surface area contributed by atoms with Gasteiger partial charge in [0.25, 0.3) is 0 Å². The third kappa shape index (κ3) is 2.36. The SMILES string of the molecule is Cc1ccccc1C(N)C1COc2ccccc2C1. The molecule has 2 aromatic carbocycles. The van der Waals surface area contributed by atoms with E-state index in [0.717, 1.165) is 12.2 Å². The van der Waals surface area contributed by atoms with Crippen LogP contribution in [0.3, 0.4) is 0 Å². The van der Waals surface area contributed by atoms with E-state index in [9.17, 15) is 0 Å². The van der Waals surface area contributed by atoms with Crippen molar-refractivity contribution < 1.29 is 4.74 Å². The molecule has 0 saturated heterocycles. The molecule has 3 rings (SSSR count). The Hall–Kier alpha value is -1.80. The maximum Gasteiger partial charge on any atom is 0.122 e. The minimum absolute atomic E-state index is 0.0366. The van der Waals surface area contributed by atoms with E-state index >= 15 is 0 Å². The number of ether oxygens (including phenoxy) is 1. The zero-order valence-corrected chi connectivity index (χ0v) is 11.2. The Morgan fingerprint density at radius 2 is 1.84 bits per heavy atom. The molecule has 1 aliphatic heterocycles. The minimum atomic E-state index is 0.0366. The van der Waals surface area contributed by atoms with Gasteiger partial charge in [-0.15, -0.1) is 0 Å². The highest BCUT2D eigenvalue weighted by atomic mass is 16.5. The summed E-state index contributed by atoms with van der Waals surface area (Å²) in [5.41, 5.74) is 10.2. The van der Waals surface area contributed by atoms with Gasteiger partial charge in [-0.05, 0) is 36.1 Å². The van der Waals surface area contributed by atoms with Gasteiger partial charge in [-0.2, -0.15) is 0 Å². The summed E-state index contributed by atoms with van der Waals surface area (Å²) in [6.45, 7) is 2.82. The van der Waals surface area contributed by atoms with Crippen LogP contribution in [-0.4, -0.2) is 6.61 Å². The van der Waals surface area contributed by atoms with Crippen LogP contribution in [0.1, 0.15) is 22.7 Å². The molecule has 0 aliphatic carbocycles. The summed E-state index contributed by atoms with van der Waals surface area (Å²) >= 11 is 0. The zero-order valence-electron chi connectivity index (χ0n) is 11.2. The molecule has 0 spiro atoms. The molecule has 1 heterocycles. The summed E-state index contributed by atoms with van der Waals surface area (Å²) in [4.78, 5) is 0. The van der Waals surface area contributed by atoms with Gasteiger partial charge in [0.05, 0.1) is 6.61 Å². The second-order valence-electron chi connectivity index (χ2n) is 5.27. The quantitative estimate of drug-likeness (QED) is 0.891. The van der Waals surface area contributed by atoms with E-state index in [1.165, 1.54) is 16.7 Å². The average molecular weight is 253 g/mol. The average Bonchev–Trinajstić information content (AvgIpc) is 2.46. The Balaban J connectivity index is 1.83. The fourth-order valence-electron chi connectivity index (χ4n) is 2.80. The first kappa shape index (κ1) is 12.2. The molecule has 1 aliphatic rings. The molecular weight excluding hydrogens is 234 g/mol. The number of hydrogen-bond acceptors (Lipinski definition) is 2. The molecule has 2 heteroatoms. The summed E-state index contributed by atoms with van der Waals surface area (Å²) in [6, 6.07) is 16.6. The highest BCUT2D eigenvalue weighted by Gasteiger charge is 2.26. The van der Waals surface area contributed by atoms with Crippen LogP contribution in [0.15, 0.2) is 48.5 Å². The fourth-order valence-corrected chi connectivity index (χ4v) is 2.80. The van der Waals surface area contributed by atoms with Crippen LogP contribution in [0.2, 0.25) is 0 Å². The number of benzene rings is 2. The van der Waals surface area contributed by atoms with Crippen molar-refractivity contribution in [1.29, 1.82) is 0 Å². The fraction of sp³-hybridized carbons (Fsp3) is 0.294. The van der Waals surface area contributed by atoms with Gasteiger partial charge < -0.3 is 10.5 Å². The molecule has 19 heavy (non-hydrogen) atoms. The van der Waals surface area contributed by atoms with E-state index in [4.69, 9.17) is 10.5 Å². The van der Waals surface area contributed by atoms with Crippen LogP contribution in [-0.2, 0) is 6.42 Å². The number of para-hydroxylation sites is 1. The van der Waals surface area contributed by atoms with Gasteiger partial charge in [0.15, 0.2) is 0 Å². The number of aryl methyl sites for hydroxylation is 1. The van der Waals surface area contributed by atoms with Crippen LogP contribution >= 0.6 is 0 Å². The normalized spacial score (nSPS) is 19.4. The molecule has 0 saturated carbocycles. The maximum atomic E-state index is 6.45. The second-order valence-corrected chi connectivity index (χ2v) is 5.27. The summed E-state index contributed by atoms with van der Waals surface area (Å²) in [5.74, 6) is 1.35. The predicted molar refractivity (Wildman–Crippen MR) is 77.2 cm³/mol. The first-order valence-electron chi connectivity index (χ1n) is 6.77. The van der Waals surface area contributed by atoms with Gasteiger partial charge in [0, 0.05) is 12.0 Å². The van der Waals surface area contributed by atoms with Gasteiger partial charge in [-0.25, -0.2) is 0 Å². The standard InChI is InChI=1S/C17H19NO/c1-12-6-2-4-8-15(12)17(18)14-10-13-7-3-5-9-16(13)19-11-14/h2-9,14,17H,10-11,18H2,1H3. The first-order valence-corrected chi connectivity index (χ1v) is 6.77. The third-order valence-corrected chi connectivity index (χ3v) is 3.96. The molecule has 2 nitrogen and oxygen atoms in total. The van der Waals surface area contributed by atoms with Gasteiger partial charge in [0.2, 0.25) is 0 Å². The van der Waals surface area contributed by atoms with Gasteiger partial charge in [-0.1, -0.05) is 42.5 Å². The van der Waals surface area contributed by atoms with Gasteiger partial charge >= 0.3 is 0 Å². The van der Waals surface area contributed by atoms with E-state index in [1.807, 2.05) is 12.1 Å². The lowest BCUT2D eigenvalue weighted by molar-refractivity contribution is 0.199. The van der Waals surface area contributed by atoms with Crippen molar-refractivity contribution in [3.8, 4) is 5.75 Å². The lowest BCUT2D eigenvalue weighted by atomic mass is 9.85. The third-order valence-electron chi connectivity index (χ3n) is 3.96. The summed E-state index contributed by atoms with van der Waals surface area (Å²) in [5, 5.41) is 0. The number of hydrogen-bond donors (Lipinski definition) is 1. The summed E-state index contributed by atoms with van der Waals surface area (Å²) in [7, 11) is 0. The Bertz CT molecular complexity index is 579. The minimum Gasteiger partial charge on any atom is -0.493 e.